The molecule has 6 heteroatoms. The molecule has 0 amide bonds. The van der Waals surface area contributed by atoms with E-state index >= 15 is 0 Å². The molecule has 0 aliphatic heterocycles. The third-order valence-corrected chi connectivity index (χ3v) is 3.58. The first kappa shape index (κ1) is 15.3. The fourth-order valence-electron chi connectivity index (χ4n) is 1.77. The molecular formula is C15H13F2NO2S. The Balaban J connectivity index is 2.04. The molecule has 0 fully saturated rings. The molecule has 0 aliphatic rings. The predicted molar refractivity (Wildman–Crippen MR) is 79.0 cm³/mol. The van der Waals surface area contributed by atoms with Gasteiger partial charge in [0.25, 0.3) is 5.76 Å². The minimum Gasteiger partial charge on any atom is -0.478 e. The zero-order chi connectivity index (χ0) is 15.2. The molecule has 0 bridgehead atoms. The summed E-state index contributed by atoms with van der Waals surface area (Å²) in [6.07, 6.45) is 0. The van der Waals surface area contributed by atoms with Crippen LogP contribution < -0.4 is 5.32 Å². The first-order valence-corrected chi connectivity index (χ1v) is 7.04. The van der Waals surface area contributed by atoms with Gasteiger partial charge in [-0.3, -0.25) is 0 Å². The average molecular weight is 309 g/mol. The average Bonchev–Trinajstić information content (AvgIpc) is 2.46. The van der Waals surface area contributed by atoms with E-state index in [0.29, 0.717) is 28.9 Å². The van der Waals surface area contributed by atoms with Gasteiger partial charge in [-0.25, -0.2) is 4.79 Å². The van der Waals surface area contributed by atoms with E-state index in [4.69, 9.17) is 5.11 Å². The summed E-state index contributed by atoms with van der Waals surface area (Å²) in [4.78, 5) is 11.2. The lowest BCUT2D eigenvalue weighted by atomic mass is 10.1. The highest BCUT2D eigenvalue weighted by Gasteiger charge is 2.09. The number of rotatable bonds is 6. The number of benzene rings is 2. The molecule has 0 radical (unpaired) electrons. The number of halogens is 2. The minimum atomic E-state index is -2.47. The highest BCUT2D eigenvalue weighted by Crippen LogP contribution is 2.31. The number of hydrogen-bond acceptors (Lipinski definition) is 3. The van der Waals surface area contributed by atoms with Gasteiger partial charge in [0.2, 0.25) is 0 Å². The molecule has 0 unspecified atom stereocenters. The number of carboxylic acid groups (broad SMARTS) is 1. The molecule has 0 saturated carbocycles. The van der Waals surface area contributed by atoms with Gasteiger partial charge in [0, 0.05) is 17.1 Å². The van der Waals surface area contributed by atoms with Crippen LogP contribution >= 0.6 is 11.8 Å². The smallest absolute Gasteiger partial charge is 0.335 e. The lowest BCUT2D eigenvalue weighted by Gasteiger charge is -2.11. The monoisotopic (exact) mass is 309 g/mol. The van der Waals surface area contributed by atoms with E-state index in [2.05, 4.69) is 5.32 Å². The van der Waals surface area contributed by atoms with Crippen LogP contribution in [-0.2, 0) is 6.54 Å². The Bertz CT molecular complexity index is 617. The second kappa shape index (κ2) is 7.08. The number of nitrogens with one attached hydrogen (secondary N) is 1. The maximum Gasteiger partial charge on any atom is 0.335 e. The highest BCUT2D eigenvalue weighted by molar-refractivity contribution is 7.99. The van der Waals surface area contributed by atoms with E-state index in [1.165, 1.54) is 12.1 Å². The van der Waals surface area contributed by atoms with Gasteiger partial charge in [-0.05, 0) is 29.8 Å². The second-order valence-electron chi connectivity index (χ2n) is 4.23. The Hall–Kier alpha value is -2.08. The minimum absolute atomic E-state index is 0.215. The van der Waals surface area contributed by atoms with Gasteiger partial charge < -0.3 is 10.4 Å². The molecule has 0 aromatic heterocycles. The lowest BCUT2D eigenvalue weighted by Crippen LogP contribution is -2.02. The summed E-state index contributed by atoms with van der Waals surface area (Å²) < 4.78 is 24.9. The van der Waals surface area contributed by atoms with Crippen LogP contribution in [0.15, 0.2) is 53.4 Å². The largest absolute Gasteiger partial charge is 0.478 e. The van der Waals surface area contributed by atoms with Gasteiger partial charge in [-0.1, -0.05) is 36.0 Å². The Morgan fingerprint density at radius 1 is 1.14 bits per heavy atom. The van der Waals surface area contributed by atoms with Crippen molar-refractivity contribution < 1.29 is 18.7 Å². The number of aromatic carboxylic acids is 1. The van der Waals surface area contributed by atoms with Crippen molar-refractivity contribution in [2.24, 2.45) is 0 Å². The van der Waals surface area contributed by atoms with Gasteiger partial charge in [-0.2, -0.15) is 8.78 Å². The zero-order valence-corrected chi connectivity index (χ0v) is 11.7. The number of para-hydroxylation sites is 1. The zero-order valence-electron chi connectivity index (χ0n) is 10.9. The first-order valence-electron chi connectivity index (χ1n) is 6.16. The van der Waals surface area contributed by atoms with Crippen molar-refractivity contribution in [3.8, 4) is 0 Å². The maximum absolute atomic E-state index is 12.5. The van der Waals surface area contributed by atoms with Crippen molar-refractivity contribution in [3.05, 3.63) is 59.7 Å². The van der Waals surface area contributed by atoms with Crippen LogP contribution in [0.5, 0.6) is 0 Å². The van der Waals surface area contributed by atoms with Crippen LogP contribution in [0.3, 0.4) is 0 Å². The SMILES string of the molecule is O=C(O)c1ccc(CNc2ccccc2SC(F)F)cc1. The lowest BCUT2D eigenvalue weighted by molar-refractivity contribution is 0.0697. The predicted octanol–water partition coefficient (Wildman–Crippen LogP) is 4.31. The van der Waals surface area contributed by atoms with Crippen LogP contribution in [0.2, 0.25) is 0 Å². The Morgan fingerprint density at radius 2 is 1.81 bits per heavy atom. The van der Waals surface area contributed by atoms with Crippen molar-refractivity contribution in [2.45, 2.75) is 17.2 Å². The first-order chi connectivity index (χ1) is 10.1. The summed E-state index contributed by atoms with van der Waals surface area (Å²) in [5, 5.41) is 11.9. The molecule has 0 atom stereocenters. The molecule has 2 rings (SSSR count). The van der Waals surface area contributed by atoms with Crippen LogP contribution in [-0.4, -0.2) is 16.8 Å². The standard InChI is InChI=1S/C15H13F2NO2S/c16-15(17)21-13-4-2-1-3-12(13)18-9-10-5-7-11(8-6-10)14(19)20/h1-8,15,18H,9H2,(H,19,20). The van der Waals surface area contributed by atoms with Gasteiger partial charge >= 0.3 is 5.97 Å². The summed E-state index contributed by atoms with van der Waals surface area (Å²) in [6.45, 7) is 0.431. The summed E-state index contributed by atoms with van der Waals surface area (Å²) >= 11 is 0.493. The molecular weight excluding hydrogens is 296 g/mol. The molecule has 0 spiro atoms. The van der Waals surface area contributed by atoms with Crippen molar-refractivity contribution in [2.75, 3.05) is 5.32 Å². The number of anilines is 1. The summed E-state index contributed by atoms with van der Waals surface area (Å²) in [7, 11) is 0. The van der Waals surface area contributed by atoms with Crippen molar-refractivity contribution in [3.63, 3.8) is 0 Å². The fourth-order valence-corrected chi connectivity index (χ4v) is 2.39. The topological polar surface area (TPSA) is 49.3 Å². The van der Waals surface area contributed by atoms with E-state index in [1.54, 1.807) is 36.4 Å². The molecule has 110 valence electrons. The maximum atomic E-state index is 12.5. The number of alkyl halides is 2. The Labute approximate surface area is 125 Å². The molecule has 21 heavy (non-hydrogen) atoms. The van der Waals surface area contributed by atoms with Crippen molar-refractivity contribution in [1.29, 1.82) is 0 Å². The van der Waals surface area contributed by atoms with Gasteiger partial charge in [0.1, 0.15) is 0 Å². The number of thioether (sulfide) groups is 1. The highest BCUT2D eigenvalue weighted by atomic mass is 32.2. The second-order valence-corrected chi connectivity index (χ2v) is 5.26. The van der Waals surface area contributed by atoms with E-state index in [-0.39, 0.29) is 5.56 Å². The van der Waals surface area contributed by atoms with Crippen LogP contribution in [0.25, 0.3) is 0 Å². The molecule has 3 nitrogen and oxygen atoms in total. The van der Waals surface area contributed by atoms with Gasteiger partial charge in [0.15, 0.2) is 0 Å². The Kier molecular flexibility index (Phi) is 5.16. The molecule has 2 N–H and O–H groups in total. The third kappa shape index (κ3) is 4.46. The van der Waals surface area contributed by atoms with E-state index < -0.39 is 11.7 Å². The summed E-state index contributed by atoms with van der Waals surface area (Å²) in [5.74, 6) is -3.45. The molecule has 0 saturated heterocycles. The van der Waals surface area contributed by atoms with E-state index in [9.17, 15) is 13.6 Å². The fraction of sp³-hybridized carbons (Fsp3) is 0.133. The van der Waals surface area contributed by atoms with Crippen molar-refractivity contribution >= 4 is 23.4 Å². The number of hydrogen-bond donors (Lipinski definition) is 2. The van der Waals surface area contributed by atoms with E-state index in [1.807, 2.05) is 0 Å². The normalized spacial score (nSPS) is 10.6. The van der Waals surface area contributed by atoms with Crippen LogP contribution in [0.1, 0.15) is 15.9 Å². The van der Waals surface area contributed by atoms with Crippen LogP contribution in [0, 0.1) is 0 Å². The molecule has 0 aliphatic carbocycles. The summed E-state index contributed by atoms with van der Waals surface area (Å²) in [5.41, 5.74) is 1.72. The molecule has 0 heterocycles. The number of carboxylic acids is 1. The van der Waals surface area contributed by atoms with Gasteiger partial charge in [-0.15, -0.1) is 0 Å². The third-order valence-electron chi connectivity index (χ3n) is 2.79. The molecule has 2 aromatic rings. The molecule has 2 aromatic carbocycles. The quantitative estimate of drug-likeness (QED) is 0.781. The van der Waals surface area contributed by atoms with Gasteiger partial charge in [0.05, 0.1) is 5.56 Å². The Morgan fingerprint density at radius 3 is 2.43 bits per heavy atom. The number of carbonyl (C=O) groups is 1. The van der Waals surface area contributed by atoms with E-state index in [0.717, 1.165) is 5.56 Å². The van der Waals surface area contributed by atoms with Crippen LogP contribution in [0.4, 0.5) is 14.5 Å². The summed E-state index contributed by atoms with van der Waals surface area (Å²) in [6, 6.07) is 13.3. The van der Waals surface area contributed by atoms with Crippen molar-refractivity contribution in [1.82, 2.24) is 0 Å².